The van der Waals surface area contributed by atoms with Crippen LogP contribution in [-0.4, -0.2) is 48.0 Å². The third kappa shape index (κ3) is 4.68. The maximum absolute atomic E-state index is 12.7. The number of carbonyl (C=O) groups excluding carboxylic acids is 1. The number of amides is 1. The van der Waals surface area contributed by atoms with Crippen molar-refractivity contribution in [3.63, 3.8) is 0 Å². The lowest BCUT2D eigenvalue weighted by molar-refractivity contribution is -0.120. The molecule has 1 aliphatic heterocycles. The van der Waals surface area contributed by atoms with Gasteiger partial charge in [0.05, 0.1) is 22.4 Å². The molecule has 2 heterocycles. The van der Waals surface area contributed by atoms with Gasteiger partial charge in [-0.05, 0) is 38.5 Å². The number of benzene rings is 1. The highest BCUT2D eigenvalue weighted by Gasteiger charge is 2.25. The largest absolute Gasteiger partial charge is 0.347 e. The standard InChI is InChI=1S/C18H22Cl2N4OS/c1-12-11-26-18(21-12)24-7-3-6-23(8-9-24)13(2)17(25)22-16-10-14(19)4-5-15(16)20/h4-5,10-11,13H,3,6-9H2,1-2H3,(H,22,25). The number of thiazole rings is 1. The molecule has 1 saturated heterocycles. The van der Waals surface area contributed by atoms with Crippen LogP contribution in [0.1, 0.15) is 19.0 Å². The molecule has 3 rings (SSSR count). The van der Waals surface area contributed by atoms with Crippen LogP contribution in [0, 0.1) is 6.92 Å². The van der Waals surface area contributed by atoms with Crippen LogP contribution < -0.4 is 10.2 Å². The molecule has 0 saturated carbocycles. The molecule has 2 aromatic rings. The van der Waals surface area contributed by atoms with Gasteiger partial charge in [0.1, 0.15) is 0 Å². The van der Waals surface area contributed by atoms with Crippen LogP contribution >= 0.6 is 34.5 Å². The number of aryl methyl sites for hydroxylation is 1. The molecule has 1 aliphatic rings. The number of halogens is 2. The van der Waals surface area contributed by atoms with Crippen molar-refractivity contribution < 1.29 is 4.79 Å². The summed E-state index contributed by atoms with van der Waals surface area (Å²) in [5.41, 5.74) is 1.60. The molecule has 0 radical (unpaired) electrons. The van der Waals surface area contributed by atoms with Crippen molar-refractivity contribution in [1.82, 2.24) is 9.88 Å². The quantitative estimate of drug-likeness (QED) is 0.812. The first-order chi connectivity index (χ1) is 12.4. The predicted molar refractivity (Wildman–Crippen MR) is 110 cm³/mol. The lowest BCUT2D eigenvalue weighted by atomic mass is 10.2. The maximum atomic E-state index is 12.7. The number of carbonyl (C=O) groups is 1. The fraction of sp³-hybridized carbons (Fsp3) is 0.444. The fourth-order valence-corrected chi connectivity index (χ4v) is 4.19. The molecule has 140 valence electrons. The average Bonchev–Trinajstić information content (AvgIpc) is 2.90. The zero-order valence-electron chi connectivity index (χ0n) is 14.8. The summed E-state index contributed by atoms with van der Waals surface area (Å²) in [6, 6.07) is 4.81. The zero-order chi connectivity index (χ0) is 18.7. The summed E-state index contributed by atoms with van der Waals surface area (Å²) >= 11 is 13.8. The summed E-state index contributed by atoms with van der Waals surface area (Å²) < 4.78 is 0. The van der Waals surface area contributed by atoms with E-state index in [1.165, 1.54) is 0 Å². The monoisotopic (exact) mass is 412 g/mol. The van der Waals surface area contributed by atoms with E-state index in [1.54, 1.807) is 29.5 Å². The van der Waals surface area contributed by atoms with Crippen LogP contribution in [0.25, 0.3) is 0 Å². The first kappa shape index (κ1) is 19.4. The van der Waals surface area contributed by atoms with Gasteiger partial charge in [0.2, 0.25) is 5.91 Å². The Morgan fingerprint density at radius 3 is 2.81 bits per heavy atom. The summed E-state index contributed by atoms with van der Waals surface area (Å²) in [6.07, 6.45) is 0.994. The minimum absolute atomic E-state index is 0.0762. The van der Waals surface area contributed by atoms with Crippen molar-refractivity contribution in [2.24, 2.45) is 0 Å². The van der Waals surface area contributed by atoms with Gasteiger partial charge in [0, 0.05) is 36.6 Å². The first-order valence-electron chi connectivity index (χ1n) is 8.61. The van der Waals surface area contributed by atoms with Crippen molar-refractivity contribution in [3.8, 4) is 0 Å². The highest BCUT2D eigenvalue weighted by Crippen LogP contribution is 2.26. The van der Waals surface area contributed by atoms with E-state index < -0.39 is 0 Å². The van der Waals surface area contributed by atoms with Crippen LogP contribution in [0.2, 0.25) is 10.0 Å². The van der Waals surface area contributed by atoms with Crippen molar-refractivity contribution >= 4 is 51.3 Å². The zero-order valence-corrected chi connectivity index (χ0v) is 17.2. The second-order valence-electron chi connectivity index (χ2n) is 6.44. The summed E-state index contributed by atoms with van der Waals surface area (Å²) in [7, 11) is 0. The predicted octanol–water partition coefficient (Wildman–Crippen LogP) is 4.30. The number of hydrogen-bond donors (Lipinski definition) is 1. The molecule has 1 aromatic heterocycles. The number of nitrogens with zero attached hydrogens (tertiary/aromatic N) is 3. The Kier molecular flexibility index (Phi) is 6.40. The van der Waals surface area contributed by atoms with Crippen molar-refractivity contribution in [3.05, 3.63) is 39.3 Å². The molecule has 1 unspecified atom stereocenters. The average molecular weight is 413 g/mol. The summed E-state index contributed by atoms with van der Waals surface area (Å²) in [4.78, 5) is 21.7. The molecule has 0 aliphatic carbocycles. The SMILES string of the molecule is Cc1csc(N2CCCN(C(C)C(=O)Nc3cc(Cl)ccc3Cl)CC2)n1. The van der Waals surface area contributed by atoms with E-state index in [1.807, 2.05) is 13.8 Å². The molecule has 1 aromatic carbocycles. The van der Waals surface area contributed by atoms with Gasteiger partial charge in [0.25, 0.3) is 0 Å². The Balaban J connectivity index is 1.61. The first-order valence-corrected chi connectivity index (χ1v) is 10.2. The second kappa shape index (κ2) is 8.57. The molecule has 8 heteroatoms. The van der Waals surface area contributed by atoms with Gasteiger partial charge in [-0.2, -0.15) is 0 Å². The molecular formula is C18H22Cl2N4OS. The van der Waals surface area contributed by atoms with E-state index in [9.17, 15) is 4.79 Å². The van der Waals surface area contributed by atoms with E-state index in [-0.39, 0.29) is 11.9 Å². The lowest BCUT2D eigenvalue weighted by Gasteiger charge is -2.27. The van der Waals surface area contributed by atoms with Crippen LogP contribution in [0.5, 0.6) is 0 Å². The third-order valence-corrected chi connectivity index (χ3v) is 6.11. The summed E-state index contributed by atoms with van der Waals surface area (Å²) in [5, 5.41) is 7.05. The van der Waals surface area contributed by atoms with Crippen LogP contribution in [0.3, 0.4) is 0 Å². The van der Waals surface area contributed by atoms with Crippen molar-refractivity contribution in [1.29, 1.82) is 0 Å². The van der Waals surface area contributed by atoms with E-state index in [2.05, 4.69) is 25.5 Å². The number of aromatic nitrogens is 1. The fourth-order valence-electron chi connectivity index (χ4n) is 3.00. The number of hydrogen-bond acceptors (Lipinski definition) is 5. The van der Waals surface area contributed by atoms with Gasteiger partial charge in [-0.15, -0.1) is 11.3 Å². The maximum Gasteiger partial charge on any atom is 0.241 e. The topological polar surface area (TPSA) is 48.5 Å². The Hall–Kier alpha value is -1.34. The number of nitrogens with one attached hydrogen (secondary N) is 1. The Morgan fingerprint density at radius 1 is 1.27 bits per heavy atom. The van der Waals surface area contributed by atoms with Crippen LogP contribution in [0.4, 0.5) is 10.8 Å². The Bertz CT molecular complexity index is 782. The number of rotatable bonds is 4. The molecular weight excluding hydrogens is 391 g/mol. The molecule has 1 N–H and O–H groups in total. The molecule has 1 atom stereocenters. The van der Waals surface area contributed by atoms with E-state index in [0.29, 0.717) is 15.7 Å². The minimum Gasteiger partial charge on any atom is -0.347 e. The summed E-state index contributed by atoms with van der Waals surface area (Å²) in [5.74, 6) is -0.0762. The van der Waals surface area contributed by atoms with E-state index in [0.717, 1.165) is 43.4 Å². The summed E-state index contributed by atoms with van der Waals surface area (Å²) in [6.45, 7) is 7.45. The molecule has 1 fully saturated rings. The molecule has 1 amide bonds. The molecule has 0 bridgehead atoms. The normalized spacial score (nSPS) is 17.0. The van der Waals surface area contributed by atoms with Gasteiger partial charge in [0.15, 0.2) is 5.13 Å². The Morgan fingerprint density at radius 2 is 2.08 bits per heavy atom. The van der Waals surface area contributed by atoms with E-state index >= 15 is 0 Å². The smallest absolute Gasteiger partial charge is 0.241 e. The van der Waals surface area contributed by atoms with Crippen molar-refractivity contribution in [2.45, 2.75) is 26.3 Å². The van der Waals surface area contributed by atoms with Crippen LogP contribution in [-0.2, 0) is 4.79 Å². The van der Waals surface area contributed by atoms with Gasteiger partial charge in [-0.1, -0.05) is 23.2 Å². The van der Waals surface area contributed by atoms with Gasteiger partial charge < -0.3 is 10.2 Å². The molecule has 26 heavy (non-hydrogen) atoms. The van der Waals surface area contributed by atoms with E-state index in [4.69, 9.17) is 23.2 Å². The molecule has 0 spiro atoms. The van der Waals surface area contributed by atoms with Crippen LogP contribution in [0.15, 0.2) is 23.6 Å². The highest BCUT2D eigenvalue weighted by atomic mass is 35.5. The third-order valence-electron chi connectivity index (χ3n) is 4.52. The highest BCUT2D eigenvalue weighted by molar-refractivity contribution is 7.13. The van der Waals surface area contributed by atoms with Gasteiger partial charge >= 0.3 is 0 Å². The Labute approximate surface area is 167 Å². The lowest BCUT2D eigenvalue weighted by Crippen LogP contribution is -2.44. The molecule has 5 nitrogen and oxygen atoms in total. The second-order valence-corrected chi connectivity index (χ2v) is 8.12. The number of anilines is 2. The van der Waals surface area contributed by atoms with Gasteiger partial charge in [-0.25, -0.2) is 4.98 Å². The minimum atomic E-state index is -0.247. The van der Waals surface area contributed by atoms with Gasteiger partial charge in [-0.3, -0.25) is 9.69 Å². The van der Waals surface area contributed by atoms with Crippen molar-refractivity contribution in [2.75, 3.05) is 36.4 Å².